The standard InChI is InChI=1S/C24H24N4O4S2/c25-22(29)21-18-11-12-26-14-20(18)33-24(21)27-23(30)16-7-9-17(10-8-16)34(31,32)28-13-3-5-15-4-1-2-6-19(15)28/h1-2,4,6-10,26H,3,5,11-14H2,(H2,25,29)(H,27,30). The molecule has 10 heteroatoms. The average Bonchev–Trinajstić information content (AvgIpc) is 3.21. The van der Waals surface area contributed by atoms with Crippen LogP contribution in [-0.4, -0.2) is 33.3 Å². The van der Waals surface area contributed by atoms with Crippen molar-refractivity contribution in [3.8, 4) is 0 Å². The van der Waals surface area contributed by atoms with Crippen molar-refractivity contribution in [1.29, 1.82) is 0 Å². The minimum Gasteiger partial charge on any atom is -0.365 e. The highest BCUT2D eigenvalue weighted by atomic mass is 32.2. The molecule has 0 bridgehead atoms. The molecule has 5 rings (SSSR count). The number of sulfonamides is 1. The van der Waals surface area contributed by atoms with Crippen molar-refractivity contribution < 1.29 is 18.0 Å². The fourth-order valence-electron chi connectivity index (χ4n) is 4.51. The van der Waals surface area contributed by atoms with Gasteiger partial charge in [0.05, 0.1) is 16.1 Å². The molecular formula is C24H24N4O4S2. The maximum Gasteiger partial charge on any atom is 0.264 e. The fraction of sp³-hybridized carbons (Fsp3) is 0.250. The molecule has 0 unspecified atom stereocenters. The van der Waals surface area contributed by atoms with Gasteiger partial charge in [0.15, 0.2) is 0 Å². The van der Waals surface area contributed by atoms with Crippen LogP contribution in [0, 0.1) is 0 Å². The monoisotopic (exact) mass is 496 g/mol. The van der Waals surface area contributed by atoms with E-state index in [9.17, 15) is 18.0 Å². The Hall–Kier alpha value is -3.21. The van der Waals surface area contributed by atoms with Crippen LogP contribution in [0.15, 0.2) is 53.4 Å². The first kappa shape index (κ1) is 22.6. The molecule has 3 heterocycles. The number of nitrogens with zero attached hydrogens (tertiary/aromatic N) is 1. The molecule has 1 aromatic heterocycles. The molecule has 34 heavy (non-hydrogen) atoms. The van der Waals surface area contributed by atoms with Gasteiger partial charge in [-0.25, -0.2) is 8.42 Å². The molecule has 176 valence electrons. The van der Waals surface area contributed by atoms with Gasteiger partial charge >= 0.3 is 0 Å². The maximum atomic E-state index is 13.3. The lowest BCUT2D eigenvalue weighted by atomic mass is 10.0. The molecule has 2 aliphatic heterocycles. The van der Waals surface area contributed by atoms with Gasteiger partial charge in [0, 0.05) is 23.5 Å². The molecule has 0 radical (unpaired) electrons. The van der Waals surface area contributed by atoms with Gasteiger partial charge in [-0.15, -0.1) is 11.3 Å². The van der Waals surface area contributed by atoms with E-state index in [2.05, 4.69) is 10.6 Å². The fourth-order valence-corrected chi connectivity index (χ4v) is 7.27. The van der Waals surface area contributed by atoms with Gasteiger partial charge in [-0.05, 0) is 67.3 Å². The summed E-state index contributed by atoms with van der Waals surface area (Å²) in [5, 5.41) is 6.46. The number of rotatable bonds is 5. The number of carbonyl (C=O) groups excluding carboxylic acids is 2. The largest absolute Gasteiger partial charge is 0.365 e. The molecule has 0 aliphatic carbocycles. The number of aryl methyl sites for hydroxylation is 1. The molecule has 4 N–H and O–H groups in total. The van der Waals surface area contributed by atoms with Crippen molar-refractivity contribution in [3.05, 3.63) is 75.7 Å². The van der Waals surface area contributed by atoms with Gasteiger partial charge in [-0.1, -0.05) is 18.2 Å². The normalized spacial score (nSPS) is 15.4. The second-order valence-electron chi connectivity index (χ2n) is 8.29. The Labute approximate surface area is 201 Å². The summed E-state index contributed by atoms with van der Waals surface area (Å²) in [6, 6.07) is 13.4. The predicted molar refractivity (Wildman–Crippen MR) is 132 cm³/mol. The van der Waals surface area contributed by atoms with E-state index >= 15 is 0 Å². The number of hydrogen-bond donors (Lipinski definition) is 3. The summed E-state index contributed by atoms with van der Waals surface area (Å²) in [7, 11) is -3.76. The van der Waals surface area contributed by atoms with Crippen molar-refractivity contribution in [2.45, 2.75) is 30.7 Å². The maximum absolute atomic E-state index is 13.3. The first-order chi connectivity index (χ1) is 16.4. The molecular weight excluding hydrogens is 472 g/mol. The molecule has 2 amide bonds. The number of hydrogen-bond acceptors (Lipinski definition) is 6. The molecule has 8 nitrogen and oxygen atoms in total. The zero-order chi connectivity index (χ0) is 23.9. The third kappa shape index (κ3) is 3.97. The van der Waals surface area contributed by atoms with Crippen LogP contribution in [-0.2, 0) is 29.4 Å². The number of nitrogens with two attached hydrogens (primary N) is 1. The van der Waals surface area contributed by atoms with E-state index < -0.39 is 21.8 Å². The van der Waals surface area contributed by atoms with Gasteiger partial charge in [-0.3, -0.25) is 13.9 Å². The van der Waals surface area contributed by atoms with Crippen LogP contribution in [0.1, 0.15) is 43.1 Å². The van der Waals surface area contributed by atoms with Crippen LogP contribution in [0.5, 0.6) is 0 Å². The van der Waals surface area contributed by atoms with Gasteiger partial charge in [-0.2, -0.15) is 0 Å². The summed E-state index contributed by atoms with van der Waals surface area (Å²) < 4.78 is 28.1. The summed E-state index contributed by atoms with van der Waals surface area (Å²) >= 11 is 1.34. The van der Waals surface area contributed by atoms with Gasteiger partial charge in [0.1, 0.15) is 5.00 Å². The molecule has 0 atom stereocenters. The minimum atomic E-state index is -3.76. The second-order valence-corrected chi connectivity index (χ2v) is 11.3. The van der Waals surface area contributed by atoms with Gasteiger partial charge in [0.25, 0.3) is 21.8 Å². The summed E-state index contributed by atoms with van der Waals surface area (Å²) in [5.74, 6) is -1.00. The van der Waals surface area contributed by atoms with Gasteiger partial charge < -0.3 is 16.4 Å². The second kappa shape index (κ2) is 8.86. The Bertz CT molecular complexity index is 1380. The van der Waals surface area contributed by atoms with Gasteiger partial charge in [0.2, 0.25) is 0 Å². The first-order valence-corrected chi connectivity index (χ1v) is 13.3. The molecule has 0 fully saturated rings. The van der Waals surface area contributed by atoms with E-state index in [4.69, 9.17) is 5.73 Å². The molecule has 2 aromatic carbocycles. The van der Waals surface area contributed by atoms with Crippen LogP contribution in [0.25, 0.3) is 0 Å². The number of carbonyl (C=O) groups is 2. The summed E-state index contributed by atoms with van der Waals surface area (Å²) in [5.41, 5.74) is 8.83. The summed E-state index contributed by atoms with van der Waals surface area (Å²) in [4.78, 5) is 26.1. The lowest BCUT2D eigenvalue weighted by molar-refractivity contribution is 0.100. The van der Waals surface area contributed by atoms with Crippen LogP contribution < -0.4 is 20.7 Å². The number of fused-ring (bicyclic) bond motifs is 2. The highest BCUT2D eigenvalue weighted by Crippen LogP contribution is 2.36. The number of anilines is 2. The van der Waals surface area contributed by atoms with E-state index in [1.165, 1.54) is 39.9 Å². The zero-order valence-electron chi connectivity index (χ0n) is 18.3. The van der Waals surface area contributed by atoms with E-state index in [0.717, 1.165) is 35.4 Å². The number of amides is 2. The lowest BCUT2D eigenvalue weighted by Gasteiger charge is -2.30. The SMILES string of the molecule is NC(=O)c1c(NC(=O)c2ccc(S(=O)(=O)N3CCCc4ccccc43)cc2)sc2c1CCNC2. The van der Waals surface area contributed by atoms with Crippen LogP contribution in [0.2, 0.25) is 0 Å². The lowest BCUT2D eigenvalue weighted by Crippen LogP contribution is -2.35. The molecule has 2 aliphatic rings. The number of benzene rings is 2. The van der Waals surface area contributed by atoms with E-state index in [1.807, 2.05) is 24.3 Å². The Morgan fingerprint density at radius 3 is 2.59 bits per heavy atom. The first-order valence-electron chi connectivity index (χ1n) is 11.0. The molecule has 0 saturated heterocycles. The van der Waals surface area contributed by atoms with E-state index in [-0.39, 0.29) is 10.5 Å². The molecule has 0 spiro atoms. The van der Waals surface area contributed by atoms with Crippen LogP contribution in [0.4, 0.5) is 10.7 Å². The summed E-state index contributed by atoms with van der Waals surface area (Å²) in [6.07, 6.45) is 2.27. The summed E-state index contributed by atoms with van der Waals surface area (Å²) in [6.45, 7) is 1.78. The topological polar surface area (TPSA) is 122 Å². The molecule has 3 aromatic rings. The third-order valence-electron chi connectivity index (χ3n) is 6.17. The Balaban J connectivity index is 1.39. The quantitative estimate of drug-likeness (QED) is 0.501. The zero-order valence-corrected chi connectivity index (χ0v) is 20.0. The van der Waals surface area contributed by atoms with E-state index in [0.29, 0.717) is 35.8 Å². The molecule has 0 saturated carbocycles. The highest BCUT2D eigenvalue weighted by Gasteiger charge is 2.29. The number of thiophene rings is 1. The van der Waals surface area contributed by atoms with Crippen molar-refractivity contribution in [1.82, 2.24) is 5.32 Å². The van der Waals surface area contributed by atoms with Crippen molar-refractivity contribution >= 4 is 43.9 Å². The van der Waals surface area contributed by atoms with E-state index in [1.54, 1.807) is 0 Å². The Kier molecular flexibility index (Phi) is 5.88. The van der Waals surface area contributed by atoms with Crippen molar-refractivity contribution in [2.24, 2.45) is 5.73 Å². The van der Waals surface area contributed by atoms with Crippen LogP contribution in [0.3, 0.4) is 0 Å². The minimum absolute atomic E-state index is 0.122. The van der Waals surface area contributed by atoms with Crippen molar-refractivity contribution in [3.63, 3.8) is 0 Å². The highest BCUT2D eigenvalue weighted by molar-refractivity contribution is 7.92. The number of primary amides is 1. The Morgan fingerprint density at radius 1 is 1.06 bits per heavy atom. The van der Waals surface area contributed by atoms with Crippen LogP contribution >= 0.6 is 11.3 Å². The Morgan fingerprint density at radius 2 is 1.82 bits per heavy atom. The third-order valence-corrected chi connectivity index (χ3v) is 9.15. The average molecular weight is 497 g/mol. The number of para-hydroxylation sites is 1. The van der Waals surface area contributed by atoms with Crippen molar-refractivity contribution in [2.75, 3.05) is 22.7 Å². The smallest absolute Gasteiger partial charge is 0.264 e. The predicted octanol–water partition coefficient (Wildman–Crippen LogP) is 2.89. The number of nitrogens with one attached hydrogen (secondary N) is 2.